The molecule has 1 aliphatic heterocycles. The molecule has 3 aromatic carbocycles. The van der Waals surface area contributed by atoms with Crippen LogP contribution in [0.25, 0.3) is 0 Å². The van der Waals surface area contributed by atoms with Crippen molar-refractivity contribution in [2.45, 2.75) is 18.5 Å². The van der Waals surface area contributed by atoms with E-state index in [0.717, 1.165) is 16.9 Å². The minimum Gasteiger partial charge on any atom is -0.497 e. The van der Waals surface area contributed by atoms with Crippen LogP contribution in [0, 0.1) is 5.82 Å². The third-order valence-electron chi connectivity index (χ3n) is 5.83. The monoisotopic (exact) mass is 473 g/mol. The molecular weight excluding hydrogens is 449 g/mol. The van der Waals surface area contributed by atoms with Crippen molar-refractivity contribution in [3.63, 3.8) is 0 Å². The predicted octanol–water partition coefficient (Wildman–Crippen LogP) is 4.59. The third-order valence-corrected chi connectivity index (χ3v) is 5.83. The second-order valence-electron chi connectivity index (χ2n) is 8.13. The molecule has 2 heterocycles. The quantitative estimate of drug-likeness (QED) is 0.408. The number of nitrogens with zero attached hydrogens (tertiary/aromatic N) is 3. The number of aromatic nitrogens is 3. The highest BCUT2D eigenvalue weighted by Gasteiger charge is 2.31. The third kappa shape index (κ3) is 5.08. The summed E-state index contributed by atoms with van der Waals surface area (Å²) in [6.07, 6.45) is 0.652. The summed E-state index contributed by atoms with van der Waals surface area (Å²) in [4.78, 5) is 16.9. The van der Waals surface area contributed by atoms with Crippen LogP contribution in [-0.2, 0) is 4.79 Å². The summed E-state index contributed by atoms with van der Waals surface area (Å²) in [7, 11) is 1.63. The SMILES string of the molecule is COc1ccc(C2CC(c3ccc(F)cc3)n3nc(NC(=O)COc4ccccc4)nc3N2)cc1. The molecule has 9 heteroatoms. The van der Waals surface area contributed by atoms with E-state index in [-0.39, 0.29) is 36.4 Å². The van der Waals surface area contributed by atoms with Crippen molar-refractivity contribution in [1.29, 1.82) is 0 Å². The first-order chi connectivity index (χ1) is 17.1. The van der Waals surface area contributed by atoms with E-state index in [1.807, 2.05) is 42.5 Å². The van der Waals surface area contributed by atoms with Gasteiger partial charge in [-0.25, -0.2) is 9.07 Å². The average molecular weight is 474 g/mol. The molecule has 1 amide bonds. The second kappa shape index (κ2) is 9.84. The second-order valence-corrected chi connectivity index (χ2v) is 8.13. The van der Waals surface area contributed by atoms with E-state index in [0.29, 0.717) is 18.1 Å². The summed E-state index contributed by atoms with van der Waals surface area (Å²) in [5.41, 5.74) is 1.94. The van der Waals surface area contributed by atoms with Crippen molar-refractivity contribution in [2.24, 2.45) is 0 Å². The topological polar surface area (TPSA) is 90.3 Å². The Morgan fingerprint density at radius 2 is 1.74 bits per heavy atom. The van der Waals surface area contributed by atoms with Gasteiger partial charge in [-0.15, -0.1) is 5.10 Å². The van der Waals surface area contributed by atoms with Gasteiger partial charge in [0.25, 0.3) is 11.9 Å². The fourth-order valence-electron chi connectivity index (χ4n) is 4.07. The lowest BCUT2D eigenvalue weighted by Gasteiger charge is -2.31. The first-order valence-electron chi connectivity index (χ1n) is 11.2. The normalized spacial score (nSPS) is 16.6. The van der Waals surface area contributed by atoms with E-state index in [2.05, 4.69) is 20.7 Å². The zero-order chi connectivity index (χ0) is 24.2. The molecule has 2 unspecified atom stereocenters. The van der Waals surface area contributed by atoms with Crippen molar-refractivity contribution in [3.8, 4) is 11.5 Å². The maximum atomic E-state index is 13.6. The number of anilines is 2. The molecule has 2 N–H and O–H groups in total. The number of rotatable bonds is 7. The zero-order valence-electron chi connectivity index (χ0n) is 19.0. The Labute approximate surface area is 201 Å². The van der Waals surface area contributed by atoms with E-state index >= 15 is 0 Å². The number of methoxy groups -OCH3 is 1. The standard InChI is InChI=1S/C26H24FN5O3/c1-34-20-13-9-17(10-14-20)22-15-23(18-7-11-19(27)12-8-18)32-26(28-22)30-25(31-32)29-24(33)16-35-21-5-3-2-4-6-21/h2-14,22-23H,15-16H2,1H3,(H2,28,29,30,31,33). The van der Waals surface area contributed by atoms with Crippen LogP contribution in [0.2, 0.25) is 0 Å². The van der Waals surface area contributed by atoms with Gasteiger partial charge in [0, 0.05) is 0 Å². The molecule has 0 saturated heterocycles. The Hall–Kier alpha value is -4.40. The lowest BCUT2D eigenvalue weighted by atomic mass is 9.93. The summed E-state index contributed by atoms with van der Waals surface area (Å²) in [6.45, 7) is -0.169. The van der Waals surface area contributed by atoms with Gasteiger partial charge >= 0.3 is 0 Å². The van der Waals surface area contributed by atoms with Crippen molar-refractivity contribution in [3.05, 3.63) is 95.8 Å². The number of hydrogen-bond donors (Lipinski definition) is 2. The van der Waals surface area contributed by atoms with E-state index in [1.54, 1.807) is 36.1 Å². The molecule has 5 rings (SSSR count). The van der Waals surface area contributed by atoms with Gasteiger partial charge in [0.1, 0.15) is 17.3 Å². The highest BCUT2D eigenvalue weighted by atomic mass is 19.1. The summed E-state index contributed by atoms with van der Waals surface area (Å²) >= 11 is 0. The van der Waals surface area contributed by atoms with Crippen LogP contribution in [0.3, 0.4) is 0 Å². The molecule has 8 nitrogen and oxygen atoms in total. The van der Waals surface area contributed by atoms with Gasteiger partial charge in [-0.1, -0.05) is 42.5 Å². The number of halogens is 1. The zero-order valence-corrected chi connectivity index (χ0v) is 19.0. The number of fused-ring (bicyclic) bond motifs is 1. The molecule has 2 atom stereocenters. The molecule has 0 spiro atoms. The molecule has 178 valence electrons. The van der Waals surface area contributed by atoms with Crippen LogP contribution in [-0.4, -0.2) is 34.4 Å². The van der Waals surface area contributed by atoms with Gasteiger partial charge in [-0.2, -0.15) is 4.98 Å². The van der Waals surface area contributed by atoms with Crippen molar-refractivity contribution in [2.75, 3.05) is 24.4 Å². The average Bonchev–Trinajstić information content (AvgIpc) is 3.30. The van der Waals surface area contributed by atoms with Crippen LogP contribution < -0.4 is 20.1 Å². The fraction of sp³-hybridized carbons (Fsp3) is 0.192. The number of para-hydroxylation sites is 1. The van der Waals surface area contributed by atoms with Gasteiger partial charge < -0.3 is 14.8 Å². The fourth-order valence-corrected chi connectivity index (χ4v) is 4.07. The van der Waals surface area contributed by atoms with Gasteiger partial charge in [-0.05, 0) is 53.9 Å². The van der Waals surface area contributed by atoms with Crippen molar-refractivity contribution < 1.29 is 18.7 Å². The van der Waals surface area contributed by atoms with E-state index in [9.17, 15) is 9.18 Å². The van der Waals surface area contributed by atoms with Gasteiger partial charge in [-0.3, -0.25) is 10.1 Å². The molecule has 0 saturated carbocycles. The van der Waals surface area contributed by atoms with E-state index in [1.165, 1.54) is 12.1 Å². The Bertz CT molecular complexity index is 1290. The van der Waals surface area contributed by atoms with Crippen LogP contribution in [0.1, 0.15) is 29.6 Å². The van der Waals surface area contributed by atoms with Crippen LogP contribution >= 0.6 is 0 Å². The molecule has 0 fully saturated rings. The predicted molar refractivity (Wildman–Crippen MR) is 129 cm³/mol. The number of carbonyl (C=O) groups excluding carboxylic acids is 1. The Kier molecular flexibility index (Phi) is 6.30. The van der Waals surface area contributed by atoms with Crippen molar-refractivity contribution in [1.82, 2.24) is 14.8 Å². The Morgan fingerprint density at radius 3 is 2.46 bits per heavy atom. The summed E-state index contributed by atoms with van der Waals surface area (Å²) in [6, 6.07) is 22.9. The smallest absolute Gasteiger partial charge is 0.264 e. The van der Waals surface area contributed by atoms with Gasteiger partial charge in [0.2, 0.25) is 5.95 Å². The highest BCUT2D eigenvalue weighted by molar-refractivity contribution is 5.90. The molecule has 0 bridgehead atoms. The number of hydrogen-bond acceptors (Lipinski definition) is 6. The number of nitrogens with one attached hydrogen (secondary N) is 2. The van der Waals surface area contributed by atoms with Crippen LogP contribution in [0.4, 0.5) is 16.3 Å². The molecule has 35 heavy (non-hydrogen) atoms. The lowest BCUT2D eigenvalue weighted by molar-refractivity contribution is -0.118. The highest BCUT2D eigenvalue weighted by Crippen LogP contribution is 2.38. The van der Waals surface area contributed by atoms with E-state index in [4.69, 9.17) is 9.47 Å². The summed E-state index contributed by atoms with van der Waals surface area (Å²) < 4.78 is 26.1. The van der Waals surface area contributed by atoms with Gasteiger partial charge in [0.05, 0.1) is 19.2 Å². The first-order valence-corrected chi connectivity index (χ1v) is 11.2. The lowest BCUT2D eigenvalue weighted by Crippen LogP contribution is -2.28. The van der Waals surface area contributed by atoms with Crippen molar-refractivity contribution >= 4 is 17.8 Å². The number of benzene rings is 3. The minimum atomic E-state index is -0.373. The number of amides is 1. The summed E-state index contributed by atoms with van der Waals surface area (Å²) in [5.74, 6) is 1.36. The van der Waals surface area contributed by atoms with Crippen LogP contribution in [0.5, 0.6) is 11.5 Å². The number of carbonyl (C=O) groups is 1. The Morgan fingerprint density at radius 1 is 1.03 bits per heavy atom. The first kappa shape index (κ1) is 22.4. The minimum absolute atomic E-state index is 0.0716. The molecule has 0 aliphatic carbocycles. The summed E-state index contributed by atoms with van der Waals surface area (Å²) in [5, 5.41) is 10.6. The molecule has 1 aromatic heterocycles. The molecule has 1 aliphatic rings. The van der Waals surface area contributed by atoms with Crippen LogP contribution in [0.15, 0.2) is 78.9 Å². The van der Waals surface area contributed by atoms with Gasteiger partial charge in [0.15, 0.2) is 6.61 Å². The molecule has 4 aromatic rings. The molecule has 0 radical (unpaired) electrons. The molecular formula is C26H24FN5O3. The number of ether oxygens (including phenoxy) is 2. The Balaban J connectivity index is 1.38. The maximum Gasteiger partial charge on any atom is 0.264 e. The van der Waals surface area contributed by atoms with E-state index < -0.39 is 0 Å². The largest absolute Gasteiger partial charge is 0.497 e. The maximum absolute atomic E-state index is 13.6.